The molecule has 0 saturated carbocycles. The highest BCUT2D eigenvalue weighted by Gasteiger charge is 2.19. The largest absolute Gasteiger partial charge is 0.495 e. The third kappa shape index (κ3) is 5.58. The molecule has 27 heavy (non-hydrogen) atoms. The first-order chi connectivity index (χ1) is 13.0. The van der Waals surface area contributed by atoms with Crippen LogP contribution in [0.1, 0.15) is 49.0 Å². The van der Waals surface area contributed by atoms with E-state index in [-0.39, 0.29) is 18.4 Å². The monoisotopic (exact) mass is 368 g/mol. The molecule has 2 aromatic carbocycles. The second-order valence-corrected chi connectivity index (χ2v) is 6.75. The molecule has 0 aliphatic rings. The summed E-state index contributed by atoms with van der Waals surface area (Å²) in [5, 5.41) is 2.82. The quantitative estimate of drug-likeness (QED) is 0.755. The Bertz CT molecular complexity index is 769. The van der Waals surface area contributed by atoms with Crippen LogP contribution in [0.25, 0.3) is 0 Å². The number of carbonyl (C=O) groups excluding carboxylic acids is 2. The van der Waals surface area contributed by atoms with Crippen LogP contribution in [0.3, 0.4) is 0 Å². The van der Waals surface area contributed by atoms with Crippen LogP contribution in [0.2, 0.25) is 0 Å². The van der Waals surface area contributed by atoms with E-state index in [9.17, 15) is 9.59 Å². The maximum Gasteiger partial charge on any atom is 0.254 e. The van der Waals surface area contributed by atoms with Crippen molar-refractivity contribution in [2.45, 2.75) is 33.1 Å². The van der Waals surface area contributed by atoms with Gasteiger partial charge in [-0.25, -0.2) is 0 Å². The number of nitrogens with zero attached hydrogens (tertiary/aromatic N) is 1. The highest BCUT2D eigenvalue weighted by atomic mass is 16.5. The van der Waals surface area contributed by atoms with Gasteiger partial charge in [0.1, 0.15) is 12.3 Å². The van der Waals surface area contributed by atoms with Gasteiger partial charge in [0.2, 0.25) is 5.91 Å². The number of amides is 2. The minimum Gasteiger partial charge on any atom is -0.495 e. The van der Waals surface area contributed by atoms with E-state index >= 15 is 0 Å². The molecule has 2 amide bonds. The molecule has 0 fully saturated rings. The van der Waals surface area contributed by atoms with Gasteiger partial charge in [0.15, 0.2) is 0 Å². The summed E-state index contributed by atoms with van der Waals surface area (Å²) in [5.74, 6) is 0.610. The van der Waals surface area contributed by atoms with E-state index in [4.69, 9.17) is 4.74 Å². The molecule has 0 unspecified atom stereocenters. The summed E-state index contributed by atoms with van der Waals surface area (Å²) < 4.78 is 5.25. The average Bonchev–Trinajstić information content (AvgIpc) is 2.67. The van der Waals surface area contributed by atoms with E-state index in [1.165, 1.54) is 5.56 Å². The van der Waals surface area contributed by atoms with Gasteiger partial charge in [0, 0.05) is 12.1 Å². The Morgan fingerprint density at radius 3 is 2.33 bits per heavy atom. The predicted molar refractivity (Wildman–Crippen MR) is 108 cm³/mol. The minimum absolute atomic E-state index is 0.00332. The Morgan fingerprint density at radius 2 is 1.74 bits per heavy atom. The molecular formula is C22H28N2O3. The molecule has 0 aromatic heterocycles. The maximum atomic E-state index is 12.8. The van der Waals surface area contributed by atoms with Crippen molar-refractivity contribution in [3.8, 4) is 5.75 Å². The number of nitrogens with one attached hydrogen (secondary N) is 1. The van der Waals surface area contributed by atoms with Crippen molar-refractivity contribution in [1.29, 1.82) is 0 Å². The third-order valence-electron chi connectivity index (χ3n) is 4.32. The van der Waals surface area contributed by atoms with Gasteiger partial charge in [0.05, 0.1) is 12.8 Å². The van der Waals surface area contributed by atoms with E-state index in [2.05, 4.69) is 19.2 Å². The first kappa shape index (κ1) is 20.5. The van der Waals surface area contributed by atoms with Crippen molar-refractivity contribution < 1.29 is 14.3 Å². The average molecular weight is 368 g/mol. The Morgan fingerprint density at radius 1 is 1.07 bits per heavy atom. The Labute approximate surface area is 161 Å². The van der Waals surface area contributed by atoms with Gasteiger partial charge < -0.3 is 15.0 Å². The van der Waals surface area contributed by atoms with Crippen molar-refractivity contribution in [3.05, 3.63) is 59.7 Å². The molecule has 0 heterocycles. The second-order valence-electron chi connectivity index (χ2n) is 6.75. The highest BCUT2D eigenvalue weighted by Crippen LogP contribution is 2.23. The van der Waals surface area contributed by atoms with Gasteiger partial charge in [-0.3, -0.25) is 9.59 Å². The predicted octanol–water partition coefficient (Wildman–Crippen LogP) is 4.31. The van der Waals surface area contributed by atoms with Crippen LogP contribution >= 0.6 is 0 Å². The number of hydrogen-bond donors (Lipinski definition) is 1. The van der Waals surface area contributed by atoms with E-state index in [0.717, 1.165) is 6.42 Å². The lowest BCUT2D eigenvalue weighted by molar-refractivity contribution is -0.116. The van der Waals surface area contributed by atoms with Gasteiger partial charge in [-0.05, 0) is 42.2 Å². The van der Waals surface area contributed by atoms with Gasteiger partial charge >= 0.3 is 0 Å². The standard InChI is InChI=1S/C22H28N2O3/c1-5-14-24(22(26)18-12-10-17(11-13-18)16(2)3)15-21(25)23-19-8-6-7-9-20(19)27-4/h6-13,16H,5,14-15H2,1-4H3,(H,23,25). The fourth-order valence-electron chi connectivity index (χ4n) is 2.83. The number of carbonyl (C=O) groups is 2. The summed E-state index contributed by atoms with van der Waals surface area (Å²) >= 11 is 0. The number of ether oxygens (including phenoxy) is 1. The fraction of sp³-hybridized carbons (Fsp3) is 0.364. The van der Waals surface area contributed by atoms with Crippen molar-refractivity contribution in [2.75, 3.05) is 25.5 Å². The molecule has 5 heteroatoms. The Kier molecular flexibility index (Phi) is 7.41. The molecule has 2 rings (SSSR count). The molecular weight excluding hydrogens is 340 g/mol. The lowest BCUT2D eigenvalue weighted by Gasteiger charge is -2.22. The molecule has 0 radical (unpaired) electrons. The molecule has 0 bridgehead atoms. The van der Waals surface area contributed by atoms with E-state index in [0.29, 0.717) is 29.5 Å². The van der Waals surface area contributed by atoms with Crippen molar-refractivity contribution >= 4 is 17.5 Å². The topological polar surface area (TPSA) is 58.6 Å². The number of benzene rings is 2. The SMILES string of the molecule is CCCN(CC(=O)Nc1ccccc1OC)C(=O)c1ccc(C(C)C)cc1. The number of para-hydroxylation sites is 2. The molecule has 0 aliphatic carbocycles. The normalized spacial score (nSPS) is 10.6. The number of rotatable bonds is 8. The van der Waals surface area contributed by atoms with Crippen LogP contribution in [0, 0.1) is 0 Å². The number of anilines is 1. The molecule has 144 valence electrons. The second kappa shape index (κ2) is 9.76. The number of hydrogen-bond acceptors (Lipinski definition) is 3. The van der Waals surface area contributed by atoms with Crippen LogP contribution in [0.4, 0.5) is 5.69 Å². The smallest absolute Gasteiger partial charge is 0.254 e. The first-order valence-electron chi connectivity index (χ1n) is 9.28. The fourth-order valence-corrected chi connectivity index (χ4v) is 2.83. The Hall–Kier alpha value is -2.82. The summed E-state index contributed by atoms with van der Waals surface area (Å²) in [6.07, 6.45) is 0.776. The molecule has 1 N–H and O–H groups in total. The van der Waals surface area contributed by atoms with E-state index in [1.807, 2.05) is 43.3 Å². The molecule has 0 spiro atoms. The lowest BCUT2D eigenvalue weighted by Crippen LogP contribution is -2.38. The molecule has 5 nitrogen and oxygen atoms in total. The summed E-state index contributed by atoms with van der Waals surface area (Å²) in [6, 6.07) is 14.8. The van der Waals surface area contributed by atoms with Crippen molar-refractivity contribution in [3.63, 3.8) is 0 Å². The van der Waals surface area contributed by atoms with E-state index < -0.39 is 0 Å². The van der Waals surface area contributed by atoms with Gasteiger partial charge in [0.25, 0.3) is 5.91 Å². The lowest BCUT2D eigenvalue weighted by atomic mass is 10.0. The van der Waals surface area contributed by atoms with Crippen LogP contribution in [0.15, 0.2) is 48.5 Å². The summed E-state index contributed by atoms with van der Waals surface area (Å²) in [6.45, 7) is 6.73. The molecule has 0 saturated heterocycles. The zero-order valence-corrected chi connectivity index (χ0v) is 16.5. The maximum absolute atomic E-state index is 12.8. The number of methoxy groups -OCH3 is 1. The van der Waals surface area contributed by atoms with Gasteiger partial charge in [-0.2, -0.15) is 0 Å². The summed E-state index contributed by atoms with van der Waals surface area (Å²) in [5.41, 5.74) is 2.37. The third-order valence-corrected chi connectivity index (χ3v) is 4.32. The summed E-state index contributed by atoms with van der Waals surface area (Å²) in [4.78, 5) is 26.9. The van der Waals surface area contributed by atoms with E-state index in [1.54, 1.807) is 24.1 Å². The molecule has 0 aliphatic heterocycles. The van der Waals surface area contributed by atoms with Gasteiger partial charge in [-0.15, -0.1) is 0 Å². The minimum atomic E-state index is -0.250. The van der Waals surface area contributed by atoms with Crippen molar-refractivity contribution in [2.24, 2.45) is 0 Å². The van der Waals surface area contributed by atoms with Gasteiger partial charge in [-0.1, -0.05) is 45.0 Å². The van der Waals surface area contributed by atoms with Crippen LogP contribution < -0.4 is 10.1 Å². The first-order valence-corrected chi connectivity index (χ1v) is 9.28. The van der Waals surface area contributed by atoms with Crippen LogP contribution in [-0.2, 0) is 4.79 Å². The zero-order chi connectivity index (χ0) is 19.8. The Balaban J connectivity index is 2.09. The van der Waals surface area contributed by atoms with Crippen LogP contribution in [0.5, 0.6) is 5.75 Å². The van der Waals surface area contributed by atoms with Crippen molar-refractivity contribution in [1.82, 2.24) is 4.90 Å². The molecule has 0 atom stereocenters. The van der Waals surface area contributed by atoms with Crippen LogP contribution in [-0.4, -0.2) is 36.9 Å². The molecule has 2 aromatic rings. The summed E-state index contributed by atoms with van der Waals surface area (Å²) in [7, 11) is 1.55. The highest BCUT2D eigenvalue weighted by molar-refractivity contribution is 5.99. The zero-order valence-electron chi connectivity index (χ0n) is 16.5.